The van der Waals surface area contributed by atoms with Crippen molar-refractivity contribution in [3.63, 3.8) is 0 Å². The van der Waals surface area contributed by atoms with E-state index >= 15 is 0 Å². The van der Waals surface area contributed by atoms with Gasteiger partial charge in [0.05, 0.1) is 0 Å². The minimum atomic E-state index is 0.201. The van der Waals surface area contributed by atoms with Crippen LogP contribution >= 0.6 is 22.6 Å². The Labute approximate surface area is 55.4 Å². The second-order valence-corrected chi connectivity index (χ2v) is 1.22. The summed E-state index contributed by atoms with van der Waals surface area (Å²) in [4.78, 5) is 9.39. The molecule has 0 amide bonds. The lowest BCUT2D eigenvalue weighted by atomic mass is 10.8. The van der Waals surface area contributed by atoms with Gasteiger partial charge >= 0.3 is 0 Å². The molecule has 38 valence electrons. The van der Waals surface area contributed by atoms with E-state index in [9.17, 15) is 4.79 Å². The molecule has 0 aromatic carbocycles. The van der Waals surface area contributed by atoms with E-state index in [-0.39, 0.29) is 6.61 Å². The highest BCUT2D eigenvalue weighted by Crippen LogP contribution is 1.70. The van der Waals surface area contributed by atoms with Crippen LogP contribution < -0.4 is 0 Å². The number of hydrogen-bond donors (Lipinski definition) is 0. The van der Waals surface area contributed by atoms with Crippen molar-refractivity contribution in [2.45, 2.75) is 0 Å². The van der Waals surface area contributed by atoms with Crippen LogP contribution in [-0.4, -0.2) is 13.1 Å². The van der Waals surface area contributed by atoms with Crippen molar-refractivity contribution in [3.8, 4) is 9.85 Å². The van der Waals surface area contributed by atoms with E-state index in [4.69, 9.17) is 0 Å². The average Bonchev–Trinajstić information content (AvgIpc) is 1.69. The first-order valence-electron chi connectivity index (χ1n) is 1.55. The molecule has 0 N–H and O–H groups in total. The number of hydrogen-bond acceptors (Lipinski definition) is 2. The molecule has 0 aliphatic heterocycles. The van der Waals surface area contributed by atoms with Crippen molar-refractivity contribution in [2.24, 2.45) is 0 Å². The maximum Gasteiger partial charge on any atom is 0.294 e. The smallest absolute Gasteiger partial charge is 0.294 e. The standard InChI is InChI=1S/C4H3IO2/c5-2-1-3-7-4-6/h4H,3H2. The fraction of sp³-hybridized carbons (Fsp3) is 0.250. The lowest BCUT2D eigenvalue weighted by molar-refractivity contribution is -0.127. The van der Waals surface area contributed by atoms with Gasteiger partial charge in [-0.2, -0.15) is 0 Å². The van der Waals surface area contributed by atoms with Gasteiger partial charge in [-0.05, 0) is 3.93 Å². The molecule has 0 bridgehead atoms. The monoisotopic (exact) mass is 210 g/mol. The van der Waals surface area contributed by atoms with E-state index in [1.54, 1.807) is 0 Å². The predicted octanol–water partition coefficient (Wildman–Crippen LogP) is 0.555. The summed E-state index contributed by atoms with van der Waals surface area (Å²) in [6.45, 7) is 0.577. The predicted molar refractivity (Wildman–Crippen MR) is 33.8 cm³/mol. The highest BCUT2D eigenvalue weighted by atomic mass is 127. The Hall–Kier alpha value is -0.240. The molecular formula is C4H3IO2. The molecule has 2 nitrogen and oxygen atoms in total. The normalized spacial score (nSPS) is 5.86. The van der Waals surface area contributed by atoms with Gasteiger partial charge in [0, 0.05) is 22.6 Å². The van der Waals surface area contributed by atoms with Crippen molar-refractivity contribution in [2.75, 3.05) is 6.61 Å². The molecule has 0 fully saturated rings. The highest BCUT2D eigenvalue weighted by Gasteiger charge is 1.67. The first-order valence-corrected chi connectivity index (χ1v) is 2.63. The fourth-order valence-corrected chi connectivity index (χ4v) is 0.259. The minimum absolute atomic E-state index is 0.201. The summed E-state index contributed by atoms with van der Waals surface area (Å²) in [5.74, 6) is 2.53. The molecule has 0 rings (SSSR count). The van der Waals surface area contributed by atoms with Crippen LogP contribution in [0.2, 0.25) is 0 Å². The van der Waals surface area contributed by atoms with E-state index < -0.39 is 0 Å². The highest BCUT2D eigenvalue weighted by molar-refractivity contribution is 14.1. The molecule has 0 saturated carbocycles. The van der Waals surface area contributed by atoms with Crippen molar-refractivity contribution >= 4 is 29.1 Å². The lowest BCUT2D eigenvalue weighted by Gasteiger charge is -1.80. The van der Waals surface area contributed by atoms with E-state index in [0.29, 0.717) is 6.47 Å². The minimum Gasteiger partial charge on any atom is -0.455 e. The average molecular weight is 210 g/mol. The molecule has 0 spiro atoms. The van der Waals surface area contributed by atoms with Crippen molar-refractivity contribution < 1.29 is 9.53 Å². The maximum absolute atomic E-state index is 9.39. The molecule has 7 heavy (non-hydrogen) atoms. The molecule has 0 aromatic rings. The summed E-state index contributed by atoms with van der Waals surface area (Å²) in [7, 11) is 0. The summed E-state index contributed by atoms with van der Waals surface area (Å²) >= 11 is 1.87. The van der Waals surface area contributed by atoms with Crippen LogP contribution in [0.5, 0.6) is 0 Å². The summed E-state index contributed by atoms with van der Waals surface area (Å²) in [5, 5.41) is 0. The lowest BCUT2D eigenvalue weighted by Crippen LogP contribution is -1.84. The second-order valence-electron chi connectivity index (χ2n) is 0.678. The molecule has 0 unspecified atom stereocenters. The van der Waals surface area contributed by atoms with Crippen LogP contribution in [0.15, 0.2) is 0 Å². The fourth-order valence-electron chi connectivity index (χ4n) is 0.103. The molecule has 0 aliphatic rings. The third kappa shape index (κ3) is 5.76. The van der Waals surface area contributed by atoms with E-state index in [0.717, 1.165) is 0 Å². The summed E-state index contributed by atoms with van der Waals surface area (Å²) < 4.78 is 6.75. The van der Waals surface area contributed by atoms with Crippen molar-refractivity contribution in [1.82, 2.24) is 0 Å². The second kappa shape index (κ2) is 5.76. The van der Waals surface area contributed by atoms with E-state index in [2.05, 4.69) is 14.6 Å². The van der Waals surface area contributed by atoms with Crippen LogP contribution in [0, 0.1) is 9.85 Å². The van der Waals surface area contributed by atoms with Gasteiger partial charge in [0.1, 0.15) is 0 Å². The summed E-state index contributed by atoms with van der Waals surface area (Å²) in [5.41, 5.74) is 0. The summed E-state index contributed by atoms with van der Waals surface area (Å²) in [6.07, 6.45) is 0. The SMILES string of the molecule is O=COCC#CI. The van der Waals surface area contributed by atoms with Gasteiger partial charge < -0.3 is 4.74 Å². The van der Waals surface area contributed by atoms with Gasteiger partial charge in [0.15, 0.2) is 6.61 Å². The van der Waals surface area contributed by atoms with Gasteiger partial charge in [0.25, 0.3) is 6.47 Å². The molecule has 0 aliphatic carbocycles. The van der Waals surface area contributed by atoms with Gasteiger partial charge in [-0.15, -0.1) is 0 Å². The van der Waals surface area contributed by atoms with Crippen molar-refractivity contribution in [1.29, 1.82) is 0 Å². The van der Waals surface area contributed by atoms with Gasteiger partial charge in [0.2, 0.25) is 0 Å². The zero-order valence-electron chi connectivity index (χ0n) is 3.48. The number of carbonyl (C=O) groups is 1. The Balaban J connectivity index is 2.92. The number of halogens is 1. The molecule has 0 atom stereocenters. The molecule has 3 heteroatoms. The zero-order chi connectivity index (χ0) is 5.54. The van der Waals surface area contributed by atoms with Crippen LogP contribution in [-0.2, 0) is 9.53 Å². The number of rotatable bonds is 2. The number of ether oxygens (including phenoxy) is 1. The molecule has 0 heterocycles. The van der Waals surface area contributed by atoms with Crippen LogP contribution in [0.1, 0.15) is 0 Å². The Morgan fingerprint density at radius 2 is 2.57 bits per heavy atom. The van der Waals surface area contributed by atoms with E-state index in [1.165, 1.54) is 0 Å². The first-order chi connectivity index (χ1) is 3.41. The largest absolute Gasteiger partial charge is 0.455 e. The third-order valence-electron chi connectivity index (χ3n) is 0.290. The number of carbonyl (C=O) groups excluding carboxylic acids is 1. The van der Waals surface area contributed by atoms with Crippen molar-refractivity contribution in [3.05, 3.63) is 0 Å². The first kappa shape index (κ1) is 6.76. The van der Waals surface area contributed by atoms with E-state index in [1.807, 2.05) is 22.6 Å². The molecule has 0 saturated heterocycles. The quantitative estimate of drug-likeness (QED) is 0.288. The summed E-state index contributed by atoms with van der Waals surface area (Å²) in [6, 6.07) is 0. The van der Waals surface area contributed by atoms with Gasteiger partial charge in [-0.3, -0.25) is 4.79 Å². The van der Waals surface area contributed by atoms with Crippen LogP contribution in [0.4, 0.5) is 0 Å². The van der Waals surface area contributed by atoms with Gasteiger partial charge in [-0.1, -0.05) is 5.92 Å². The third-order valence-corrected chi connectivity index (χ3v) is 0.672. The maximum atomic E-state index is 9.39. The zero-order valence-corrected chi connectivity index (χ0v) is 5.64. The van der Waals surface area contributed by atoms with Crippen LogP contribution in [0.3, 0.4) is 0 Å². The topological polar surface area (TPSA) is 26.3 Å². The molecule has 0 radical (unpaired) electrons. The Morgan fingerprint density at radius 3 is 3.00 bits per heavy atom. The Morgan fingerprint density at radius 1 is 1.86 bits per heavy atom. The van der Waals surface area contributed by atoms with Crippen LogP contribution in [0.25, 0.3) is 0 Å². The molecular weight excluding hydrogens is 207 g/mol. The Bertz CT molecular complexity index is 100.0. The van der Waals surface area contributed by atoms with Gasteiger partial charge in [-0.25, -0.2) is 0 Å². The Kier molecular flexibility index (Phi) is 5.56. The molecule has 0 aromatic heterocycles.